The van der Waals surface area contributed by atoms with E-state index < -0.39 is 0 Å². The highest BCUT2D eigenvalue weighted by Crippen LogP contribution is 2.24. The molecule has 15 heavy (non-hydrogen) atoms. The Hall–Kier alpha value is -0.830. The molecule has 3 heteroatoms. The molecule has 1 saturated heterocycles. The smallest absolute Gasteiger partial charge is 0.223 e. The maximum Gasteiger partial charge on any atom is 0.223 e. The molecule has 1 heterocycles. The summed E-state index contributed by atoms with van der Waals surface area (Å²) in [5.74, 6) is 0.667. The number of rotatable bonds is 3. The second-order valence-electron chi connectivity index (χ2n) is 4.54. The van der Waals surface area contributed by atoms with Crippen LogP contribution < -0.4 is 0 Å². The Morgan fingerprint density at radius 3 is 3.00 bits per heavy atom. The Kier molecular flexibility index (Phi) is 3.41. The molecule has 1 aliphatic heterocycles. The van der Waals surface area contributed by atoms with Gasteiger partial charge in [0.25, 0.3) is 0 Å². The van der Waals surface area contributed by atoms with Gasteiger partial charge in [-0.15, -0.1) is 0 Å². The quantitative estimate of drug-likeness (QED) is 0.712. The Morgan fingerprint density at radius 1 is 1.47 bits per heavy atom. The number of aliphatic hydroxyl groups is 1. The maximum atomic E-state index is 12.0. The van der Waals surface area contributed by atoms with Crippen LogP contribution in [0.2, 0.25) is 0 Å². The molecule has 0 spiro atoms. The monoisotopic (exact) mass is 209 g/mol. The van der Waals surface area contributed by atoms with Gasteiger partial charge in [0, 0.05) is 13.0 Å². The minimum atomic E-state index is 0.0860. The van der Waals surface area contributed by atoms with Gasteiger partial charge in [0.2, 0.25) is 5.91 Å². The van der Waals surface area contributed by atoms with Gasteiger partial charge in [0.05, 0.1) is 12.6 Å². The lowest BCUT2D eigenvalue weighted by atomic mass is 10.0. The Bertz CT molecular complexity index is 262. The molecule has 0 saturated carbocycles. The van der Waals surface area contributed by atoms with Gasteiger partial charge in [0.15, 0.2) is 0 Å². The van der Waals surface area contributed by atoms with Crippen LogP contribution in [0.5, 0.6) is 0 Å². The summed E-state index contributed by atoms with van der Waals surface area (Å²) in [5.41, 5.74) is 0. The van der Waals surface area contributed by atoms with Crippen LogP contribution in [0.25, 0.3) is 0 Å². The third kappa shape index (κ3) is 2.40. The fourth-order valence-corrected chi connectivity index (χ4v) is 2.56. The van der Waals surface area contributed by atoms with E-state index in [9.17, 15) is 4.79 Å². The van der Waals surface area contributed by atoms with Gasteiger partial charge < -0.3 is 10.0 Å². The van der Waals surface area contributed by atoms with Crippen LogP contribution in [0.3, 0.4) is 0 Å². The van der Waals surface area contributed by atoms with Gasteiger partial charge in [0.1, 0.15) is 0 Å². The molecule has 2 rings (SSSR count). The summed E-state index contributed by atoms with van der Waals surface area (Å²) in [7, 11) is 0. The van der Waals surface area contributed by atoms with E-state index in [1.165, 1.54) is 0 Å². The van der Waals surface area contributed by atoms with E-state index in [1.807, 2.05) is 4.90 Å². The molecule has 1 N–H and O–H groups in total. The summed E-state index contributed by atoms with van der Waals surface area (Å²) in [4.78, 5) is 13.8. The first kappa shape index (κ1) is 10.7. The predicted octanol–water partition coefficient (Wildman–Crippen LogP) is 1.33. The van der Waals surface area contributed by atoms with E-state index in [4.69, 9.17) is 5.11 Å². The highest BCUT2D eigenvalue weighted by Gasteiger charge is 2.29. The first-order valence-corrected chi connectivity index (χ1v) is 5.88. The summed E-state index contributed by atoms with van der Waals surface area (Å²) >= 11 is 0. The molecule has 1 fully saturated rings. The summed E-state index contributed by atoms with van der Waals surface area (Å²) in [6.45, 7) is 0.951. The predicted molar refractivity (Wildman–Crippen MR) is 58.3 cm³/mol. The molecule has 2 atom stereocenters. The fraction of sp³-hybridized carbons (Fsp3) is 0.750. The number of carbonyl (C=O) groups excluding carboxylic acids is 1. The molecule has 84 valence electrons. The van der Waals surface area contributed by atoms with E-state index in [1.54, 1.807) is 0 Å². The molecule has 0 aromatic heterocycles. The van der Waals surface area contributed by atoms with Crippen LogP contribution in [0, 0.1) is 5.92 Å². The molecule has 0 radical (unpaired) electrons. The lowest BCUT2D eigenvalue weighted by molar-refractivity contribution is -0.133. The number of allylic oxidation sites excluding steroid dienone is 2. The molecule has 2 aliphatic rings. The molecular formula is C12H19NO2. The van der Waals surface area contributed by atoms with Crippen molar-refractivity contribution in [1.29, 1.82) is 0 Å². The topological polar surface area (TPSA) is 40.5 Å². The summed E-state index contributed by atoms with van der Waals surface area (Å²) in [6.07, 6.45) is 9.17. The fourth-order valence-electron chi connectivity index (χ4n) is 2.56. The molecule has 0 aromatic rings. The minimum Gasteiger partial charge on any atom is -0.394 e. The first-order valence-electron chi connectivity index (χ1n) is 5.88. The highest BCUT2D eigenvalue weighted by molar-refractivity contribution is 5.77. The first-order chi connectivity index (χ1) is 7.31. The number of hydrogen-bond donors (Lipinski definition) is 1. The Balaban J connectivity index is 1.86. The average Bonchev–Trinajstić information content (AvgIpc) is 2.86. The van der Waals surface area contributed by atoms with Crippen molar-refractivity contribution in [3.63, 3.8) is 0 Å². The molecule has 3 nitrogen and oxygen atoms in total. The number of hydrogen-bond acceptors (Lipinski definition) is 2. The molecular weight excluding hydrogens is 190 g/mol. The van der Waals surface area contributed by atoms with Gasteiger partial charge >= 0.3 is 0 Å². The number of nitrogens with zero attached hydrogens (tertiary/aromatic N) is 1. The summed E-state index contributed by atoms with van der Waals surface area (Å²) in [5, 5.41) is 9.14. The van der Waals surface area contributed by atoms with Crippen LogP contribution in [-0.2, 0) is 4.79 Å². The van der Waals surface area contributed by atoms with Crippen LogP contribution in [0.15, 0.2) is 12.2 Å². The van der Waals surface area contributed by atoms with E-state index >= 15 is 0 Å². The third-order valence-electron chi connectivity index (χ3n) is 3.46. The van der Waals surface area contributed by atoms with Crippen molar-refractivity contribution in [3.05, 3.63) is 12.2 Å². The summed E-state index contributed by atoms with van der Waals surface area (Å²) in [6, 6.07) is 0.0860. The third-order valence-corrected chi connectivity index (χ3v) is 3.46. The average molecular weight is 209 g/mol. The van der Waals surface area contributed by atoms with Gasteiger partial charge in [-0.1, -0.05) is 12.2 Å². The molecule has 0 bridgehead atoms. The lowest BCUT2D eigenvalue weighted by Crippen LogP contribution is -2.38. The van der Waals surface area contributed by atoms with Gasteiger partial charge in [-0.2, -0.15) is 0 Å². The molecule has 1 unspecified atom stereocenters. The van der Waals surface area contributed by atoms with E-state index in [2.05, 4.69) is 12.2 Å². The number of amides is 1. The normalized spacial score (nSPS) is 30.1. The number of likely N-dealkylation sites (tertiary alicyclic amines) is 1. The van der Waals surface area contributed by atoms with E-state index in [0.29, 0.717) is 12.3 Å². The number of aliphatic hydroxyl groups excluding tert-OH is 1. The lowest BCUT2D eigenvalue weighted by Gasteiger charge is -2.24. The van der Waals surface area contributed by atoms with Crippen LogP contribution in [0.4, 0.5) is 0 Å². The Morgan fingerprint density at radius 2 is 2.33 bits per heavy atom. The second-order valence-corrected chi connectivity index (χ2v) is 4.54. The van der Waals surface area contributed by atoms with Crippen molar-refractivity contribution in [2.24, 2.45) is 5.92 Å². The van der Waals surface area contributed by atoms with E-state index in [0.717, 1.165) is 32.2 Å². The number of carbonyl (C=O) groups is 1. The van der Waals surface area contributed by atoms with Gasteiger partial charge in [-0.05, 0) is 31.6 Å². The standard InChI is InChI=1S/C12H19NO2/c14-9-11-6-3-7-13(11)12(15)8-10-4-1-2-5-10/h1,4,10-11,14H,2-3,5-9H2/t10?,11-/m0/s1. The zero-order valence-electron chi connectivity index (χ0n) is 9.06. The van der Waals surface area contributed by atoms with Crippen LogP contribution in [0.1, 0.15) is 32.1 Å². The Labute approximate surface area is 90.8 Å². The van der Waals surface area contributed by atoms with Crippen molar-refractivity contribution in [3.8, 4) is 0 Å². The van der Waals surface area contributed by atoms with Crippen molar-refractivity contribution < 1.29 is 9.90 Å². The van der Waals surface area contributed by atoms with Gasteiger partial charge in [-0.3, -0.25) is 4.79 Å². The SMILES string of the molecule is O=C(CC1C=CCC1)N1CCC[C@H]1CO. The minimum absolute atomic E-state index is 0.0860. The maximum absolute atomic E-state index is 12.0. The van der Waals surface area contributed by atoms with Crippen molar-refractivity contribution in [1.82, 2.24) is 4.90 Å². The van der Waals surface area contributed by atoms with Crippen LogP contribution in [-0.4, -0.2) is 35.1 Å². The van der Waals surface area contributed by atoms with Crippen molar-refractivity contribution in [2.45, 2.75) is 38.1 Å². The van der Waals surface area contributed by atoms with Gasteiger partial charge in [-0.25, -0.2) is 0 Å². The zero-order chi connectivity index (χ0) is 10.7. The highest BCUT2D eigenvalue weighted by atomic mass is 16.3. The van der Waals surface area contributed by atoms with E-state index in [-0.39, 0.29) is 18.6 Å². The molecule has 0 aromatic carbocycles. The second kappa shape index (κ2) is 4.79. The van der Waals surface area contributed by atoms with Crippen molar-refractivity contribution >= 4 is 5.91 Å². The largest absolute Gasteiger partial charge is 0.394 e. The molecule has 1 amide bonds. The summed E-state index contributed by atoms with van der Waals surface area (Å²) < 4.78 is 0. The zero-order valence-corrected chi connectivity index (χ0v) is 9.06. The molecule has 1 aliphatic carbocycles. The van der Waals surface area contributed by atoms with Crippen LogP contribution >= 0.6 is 0 Å². The van der Waals surface area contributed by atoms with Crippen molar-refractivity contribution in [2.75, 3.05) is 13.2 Å².